The van der Waals surface area contributed by atoms with E-state index in [0.717, 1.165) is 6.07 Å². The standard InChI is InChI=1S/C13H10ClF2NO2/c14-13-12(3-9(6-18)5-17-13)19-7-8-1-10(15)4-11(16)2-8/h1-5,18H,6-7H2. The third-order valence-electron chi connectivity index (χ3n) is 2.36. The topological polar surface area (TPSA) is 42.4 Å². The average molecular weight is 286 g/mol. The molecule has 0 atom stereocenters. The molecule has 2 rings (SSSR count). The number of aromatic nitrogens is 1. The van der Waals surface area contributed by atoms with Crippen molar-refractivity contribution in [3.63, 3.8) is 0 Å². The van der Waals surface area contributed by atoms with E-state index in [1.54, 1.807) is 0 Å². The second kappa shape index (κ2) is 5.95. The van der Waals surface area contributed by atoms with Crippen molar-refractivity contribution in [3.8, 4) is 5.75 Å². The quantitative estimate of drug-likeness (QED) is 0.878. The van der Waals surface area contributed by atoms with Crippen LogP contribution in [-0.4, -0.2) is 10.1 Å². The van der Waals surface area contributed by atoms with Crippen LogP contribution in [0.5, 0.6) is 5.75 Å². The van der Waals surface area contributed by atoms with E-state index >= 15 is 0 Å². The van der Waals surface area contributed by atoms with E-state index in [-0.39, 0.29) is 24.1 Å². The first-order valence-corrected chi connectivity index (χ1v) is 5.79. The van der Waals surface area contributed by atoms with Gasteiger partial charge in [0, 0.05) is 12.3 Å². The highest BCUT2D eigenvalue weighted by molar-refractivity contribution is 6.30. The van der Waals surface area contributed by atoms with E-state index in [2.05, 4.69) is 4.98 Å². The minimum atomic E-state index is -0.674. The van der Waals surface area contributed by atoms with Gasteiger partial charge in [0.05, 0.1) is 6.61 Å². The Morgan fingerprint density at radius 1 is 1.11 bits per heavy atom. The summed E-state index contributed by atoms with van der Waals surface area (Å²) in [6, 6.07) is 4.63. The number of aliphatic hydroxyl groups excluding tert-OH is 1. The molecule has 0 amide bonds. The molecule has 0 saturated heterocycles. The summed E-state index contributed by atoms with van der Waals surface area (Å²) in [6.07, 6.45) is 1.41. The first-order chi connectivity index (χ1) is 9.08. The van der Waals surface area contributed by atoms with Crippen LogP contribution in [0.2, 0.25) is 5.15 Å². The second-order valence-corrected chi connectivity index (χ2v) is 4.22. The van der Waals surface area contributed by atoms with E-state index in [9.17, 15) is 8.78 Å². The van der Waals surface area contributed by atoms with Crippen molar-refractivity contribution in [1.82, 2.24) is 4.98 Å². The monoisotopic (exact) mass is 285 g/mol. The first kappa shape index (κ1) is 13.7. The third kappa shape index (κ3) is 3.62. The summed E-state index contributed by atoms with van der Waals surface area (Å²) in [5.74, 6) is -1.10. The molecule has 6 heteroatoms. The van der Waals surface area contributed by atoms with Gasteiger partial charge in [-0.1, -0.05) is 11.6 Å². The molecule has 0 bridgehead atoms. The Morgan fingerprint density at radius 3 is 2.42 bits per heavy atom. The number of halogens is 3. The summed E-state index contributed by atoms with van der Waals surface area (Å²) in [5, 5.41) is 9.09. The molecule has 1 aromatic carbocycles. The van der Waals surface area contributed by atoms with Crippen LogP contribution < -0.4 is 4.74 Å². The van der Waals surface area contributed by atoms with Gasteiger partial charge < -0.3 is 9.84 Å². The predicted molar refractivity (Wildman–Crippen MR) is 65.9 cm³/mol. The molecular weight excluding hydrogens is 276 g/mol. The summed E-state index contributed by atoms with van der Waals surface area (Å²) >= 11 is 5.82. The molecule has 2 aromatic rings. The molecule has 0 saturated carbocycles. The van der Waals surface area contributed by atoms with Crippen LogP contribution >= 0.6 is 11.6 Å². The lowest BCUT2D eigenvalue weighted by molar-refractivity contribution is 0.277. The number of hydrogen-bond acceptors (Lipinski definition) is 3. The summed E-state index contributed by atoms with van der Waals surface area (Å²) in [5.41, 5.74) is 0.868. The molecule has 0 spiro atoms. The van der Waals surface area contributed by atoms with Crippen molar-refractivity contribution >= 4 is 11.6 Å². The Labute approximate surface area is 113 Å². The van der Waals surface area contributed by atoms with Gasteiger partial charge in [-0.3, -0.25) is 0 Å². The summed E-state index contributed by atoms with van der Waals surface area (Å²) < 4.78 is 31.3. The fourth-order valence-electron chi connectivity index (χ4n) is 1.51. The summed E-state index contributed by atoms with van der Waals surface area (Å²) in [4.78, 5) is 3.83. The Bertz CT molecular complexity index is 573. The molecule has 100 valence electrons. The van der Waals surface area contributed by atoms with E-state index in [1.165, 1.54) is 24.4 Å². The van der Waals surface area contributed by atoms with Crippen LogP contribution in [0.25, 0.3) is 0 Å². The summed E-state index contributed by atoms with van der Waals surface area (Å²) in [6.45, 7) is -0.250. The molecule has 19 heavy (non-hydrogen) atoms. The Kier molecular flexibility index (Phi) is 4.29. The molecule has 0 aliphatic carbocycles. The van der Waals surface area contributed by atoms with Crippen molar-refractivity contribution in [2.45, 2.75) is 13.2 Å². The lowest BCUT2D eigenvalue weighted by atomic mass is 10.2. The van der Waals surface area contributed by atoms with Gasteiger partial charge in [-0.25, -0.2) is 13.8 Å². The third-order valence-corrected chi connectivity index (χ3v) is 2.65. The number of ether oxygens (including phenoxy) is 1. The van der Waals surface area contributed by atoms with Gasteiger partial charge in [0.2, 0.25) is 0 Å². The average Bonchev–Trinajstić information content (AvgIpc) is 2.37. The molecule has 0 unspecified atom stereocenters. The number of pyridine rings is 1. The van der Waals surface area contributed by atoms with Crippen LogP contribution in [0.4, 0.5) is 8.78 Å². The Balaban J connectivity index is 2.13. The van der Waals surface area contributed by atoms with Gasteiger partial charge in [0.25, 0.3) is 0 Å². The van der Waals surface area contributed by atoms with Gasteiger partial charge in [-0.15, -0.1) is 0 Å². The zero-order valence-corrected chi connectivity index (χ0v) is 10.5. The molecule has 0 aliphatic rings. The molecule has 1 N–H and O–H groups in total. The number of hydrogen-bond donors (Lipinski definition) is 1. The van der Waals surface area contributed by atoms with Crippen molar-refractivity contribution < 1.29 is 18.6 Å². The van der Waals surface area contributed by atoms with Gasteiger partial charge in [-0.2, -0.15) is 0 Å². The number of nitrogens with zero attached hydrogens (tertiary/aromatic N) is 1. The zero-order chi connectivity index (χ0) is 13.8. The molecule has 1 aromatic heterocycles. The molecule has 3 nitrogen and oxygen atoms in total. The molecule has 1 heterocycles. The van der Waals surface area contributed by atoms with Crippen molar-refractivity contribution in [1.29, 1.82) is 0 Å². The van der Waals surface area contributed by atoms with Crippen molar-refractivity contribution in [2.75, 3.05) is 0 Å². The fraction of sp³-hybridized carbons (Fsp3) is 0.154. The molecule has 0 radical (unpaired) electrons. The van der Waals surface area contributed by atoms with E-state index in [4.69, 9.17) is 21.4 Å². The highest BCUT2D eigenvalue weighted by Gasteiger charge is 2.06. The van der Waals surface area contributed by atoms with Crippen LogP contribution in [0.3, 0.4) is 0 Å². The second-order valence-electron chi connectivity index (χ2n) is 3.86. The Morgan fingerprint density at radius 2 is 1.79 bits per heavy atom. The van der Waals surface area contributed by atoms with Crippen LogP contribution in [0, 0.1) is 11.6 Å². The molecule has 0 aliphatic heterocycles. The van der Waals surface area contributed by atoms with Crippen LogP contribution in [0.1, 0.15) is 11.1 Å². The first-order valence-electron chi connectivity index (χ1n) is 5.41. The lowest BCUT2D eigenvalue weighted by Crippen LogP contribution is -1.99. The van der Waals surface area contributed by atoms with Gasteiger partial charge >= 0.3 is 0 Å². The smallest absolute Gasteiger partial charge is 0.171 e. The maximum Gasteiger partial charge on any atom is 0.171 e. The van der Waals surface area contributed by atoms with Crippen molar-refractivity contribution in [3.05, 3.63) is 58.4 Å². The maximum absolute atomic E-state index is 13.0. The van der Waals surface area contributed by atoms with Gasteiger partial charge in [0.15, 0.2) is 10.9 Å². The minimum Gasteiger partial charge on any atom is -0.486 e. The SMILES string of the molecule is OCc1cnc(Cl)c(OCc2cc(F)cc(F)c2)c1. The van der Waals surface area contributed by atoms with Gasteiger partial charge in [0.1, 0.15) is 18.2 Å². The predicted octanol–water partition coefficient (Wildman–Crippen LogP) is 3.08. The van der Waals surface area contributed by atoms with E-state index in [1.807, 2.05) is 0 Å². The van der Waals surface area contributed by atoms with Crippen LogP contribution in [-0.2, 0) is 13.2 Å². The van der Waals surface area contributed by atoms with E-state index in [0.29, 0.717) is 11.1 Å². The largest absolute Gasteiger partial charge is 0.486 e. The highest BCUT2D eigenvalue weighted by atomic mass is 35.5. The highest BCUT2D eigenvalue weighted by Crippen LogP contribution is 2.24. The zero-order valence-electron chi connectivity index (χ0n) is 9.74. The molecular formula is C13H10ClF2NO2. The number of rotatable bonds is 4. The number of benzene rings is 1. The van der Waals surface area contributed by atoms with Crippen molar-refractivity contribution in [2.24, 2.45) is 0 Å². The maximum atomic E-state index is 13.0. The lowest BCUT2D eigenvalue weighted by Gasteiger charge is -2.09. The molecule has 0 fully saturated rings. The van der Waals surface area contributed by atoms with E-state index < -0.39 is 11.6 Å². The van der Waals surface area contributed by atoms with Crippen LogP contribution in [0.15, 0.2) is 30.5 Å². The Hall–Kier alpha value is -1.72. The fourth-order valence-corrected chi connectivity index (χ4v) is 1.67. The summed E-state index contributed by atoms with van der Waals surface area (Å²) in [7, 11) is 0. The normalized spacial score (nSPS) is 10.5. The minimum absolute atomic E-state index is 0.0506. The number of aliphatic hydroxyl groups is 1. The van der Waals surface area contributed by atoms with Gasteiger partial charge in [-0.05, 0) is 29.3 Å².